The van der Waals surface area contributed by atoms with Crippen molar-refractivity contribution in [2.24, 2.45) is 5.10 Å². The molecule has 3 rings (SSSR count). The number of hydrogen-bond acceptors (Lipinski definition) is 4. The lowest BCUT2D eigenvalue weighted by atomic mass is 10.1. The molecule has 0 amide bonds. The number of halogens is 2. The van der Waals surface area contributed by atoms with Crippen molar-refractivity contribution in [3.05, 3.63) is 77.6 Å². The van der Waals surface area contributed by atoms with Gasteiger partial charge in [0.25, 0.3) is 0 Å². The normalized spacial score (nSPS) is 11.5. The standard InChI is InChI=1S/C16H12ClFN4O/c17-13-3-7-15(8-4-13)23-9-16(21-22-11-19-10-20-22)12-1-5-14(18)6-2-12/h1-8,10-11H,9H2. The first kappa shape index (κ1) is 15.2. The average molecular weight is 331 g/mol. The first-order valence-electron chi connectivity index (χ1n) is 6.77. The summed E-state index contributed by atoms with van der Waals surface area (Å²) in [6, 6.07) is 13.0. The summed E-state index contributed by atoms with van der Waals surface area (Å²) in [4.78, 5) is 5.16. The summed E-state index contributed by atoms with van der Waals surface area (Å²) in [7, 11) is 0. The fourth-order valence-electron chi connectivity index (χ4n) is 1.87. The van der Waals surface area contributed by atoms with E-state index in [2.05, 4.69) is 15.2 Å². The number of benzene rings is 2. The van der Waals surface area contributed by atoms with Crippen molar-refractivity contribution in [2.75, 3.05) is 6.61 Å². The van der Waals surface area contributed by atoms with Crippen molar-refractivity contribution in [2.45, 2.75) is 0 Å². The van der Waals surface area contributed by atoms with Crippen LogP contribution in [0.5, 0.6) is 5.75 Å². The topological polar surface area (TPSA) is 52.3 Å². The minimum absolute atomic E-state index is 0.188. The molecular weight excluding hydrogens is 319 g/mol. The van der Waals surface area contributed by atoms with Crippen LogP contribution in [0.1, 0.15) is 5.56 Å². The molecule has 0 N–H and O–H groups in total. The SMILES string of the molecule is Fc1ccc(C(COc2ccc(Cl)cc2)=Nn2cncn2)cc1. The van der Waals surface area contributed by atoms with E-state index in [1.54, 1.807) is 36.4 Å². The molecule has 0 atom stereocenters. The predicted octanol–water partition coefficient (Wildman–Crippen LogP) is 3.40. The Balaban J connectivity index is 1.83. The maximum atomic E-state index is 13.1. The molecule has 1 heterocycles. The molecule has 0 saturated heterocycles. The first-order valence-corrected chi connectivity index (χ1v) is 7.15. The zero-order valence-electron chi connectivity index (χ0n) is 11.9. The molecule has 0 saturated carbocycles. The van der Waals surface area contributed by atoms with Gasteiger partial charge >= 0.3 is 0 Å². The van der Waals surface area contributed by atoms with E-state index in [-0.39, 0.29) is 12.4 Å². The molecule has 23 heavy (non-hydrogen) atoms. The third-order valence-corrected chi connectivity index (χ3v) is 3.25. The van der Waals surface area contributed by atoms with Crippen molar-refractivity contribution >= 4 is 17.3 Å². The van der Waals surface area contributed by atoms with Crippen LogP contribution in [-0.4, -0.2) is 27.2 Å². The molecule has 0 aliphatic rings. The third kappa shape index (κ3) is 4.14. The third-order valence-electron chi connectivity index (χ3n) is 3.00. The monoisotopic (exact) mass is 330 g/mol. The van der Waals surface area contributed by atoms with Crippen LogP contribution in [0, 0.1) is 5.82 Å². The Labute approximate surface area is 137 Å². The van der Waals surface area contributed by atoms with E-state index in [1.807, 2.05) is 0 Å². The second-order valence-corrected chi connectivity index (χ2v) is 5.05. The van der Waals surface area contributed by atoms with E-state index in [0.29, 0.717) is 16.5 Å². The van der Waals surface area contributed by atoms with Crippen LogP contribution < -0.4 is 4.74 Å². The van der Waals surface area contributed by atoms with E-state index in [1.165, 1.54) is 29.6 Å². The smallest absolute Gasteiger partial charge is 0.139 e. The second-order valence-electron chi connectivity index (χ2n) is 4.61. The minimum Gasteiger partial charge on any atom is -0.487 e. The van der Waals surface area contributed by atoms with Crippen molar-refractivity contribution in [3.63, 3.8) is 0 Å². The van der Waals surface area contributed by atoms with Crippen molar-refractivity contribution in [1.82, 2.24) is 14.9 Å². The Bertz CT molecular complexity index is 786. The van der Waals surface area contributed by atoms with Gasteiger partial charge in [0.1, 0.15) is 36.5 Å². The molecule has 116 valence electrons. The maximum Gasteiger partial charge on any atom is 0.139 e. The molecule has 0 spiro atoms. The van der Waals surface area contributed by atoms with Gasteiger partial charge in [-0.05, 0) is 36.4 Å². The van der Waals surface area contributed by atoms with E-state index < -0.39 is 0 Å². The van der Waals surface area contributed by atoms with Gasteiger partial charge in [0.15, 0.2) is 0 Å². The van der Waals surface area contributed by atoms with Crippen LogP contribution in [0.3, 0.4) is 0 Å². The fourth-order valence-corrected chi connectivity index (χ4v) is 2.00. The summed E-state index contributed by atoms with van der Waals surface area (Å²) in [6.45, 7) is 0.188. The lowest BCUT2D eigenvalue weighted by Crippen LogP contribution is -2.15. The molecule has 0 bridgehead atoms. The van der Waals surface area contributed by atoms with Gasteiger partial charge in [-0.25, -0.2) is 9.37 Å². The van der Waals surface area contributed by atoms with Crippen LogP contribution >= 0.6 is 11.6 Å². The highest BCUT2D eigenvalue weighted by Crippen LogP contribution is 2.16. The highest BCUT2D eigenvalue weighted by atomic mass is 35.5. The Morgan fingerprint density at radius 1 is 1.13 bits per heavy atom. The molecule has 0 aliphatic carbocycles. The van der Waals surface area contributed by atoms with Gasteiger partial charge in [-0.3, -0.25) is 0 Å². The lowest BCUT2D eigenvalue weighted by molar-refractivity contribution is 0.375. The lowest BCUT2D eigenvalue weighted by Gasteiger charge is -2.09. The van der Waals surface area contributed by atoms with Gasteiger partial charge < -0.3 is 4.74 Å². The molecule has 5 nitrogen and oxygen atoms in total. The fraction of sp³-hybridized carbons (Fsp3) is 0.0625. The van der Waals surface area contributed by atoms with Crippen LogP contribution in [0.4, 0.5) is 4.39 Å². The molecular formula is C16H12ClFN4O. The number of rotatable bonds is 5. The van der Waals surface area contributed by atoms with E-state index >= 15 is 0 Å². The Morgan fingerprint density at radius 2 is 1.87 bits per heavy atom. The van der Waals surface area contributed by atoms with Gasteiger partial charge in [-0.1, -0.05) is 23.7 Å². The van der Waals surface area contributed by atoms with Crippen molar-refractivity contribution in [3.8, 4) is 5.75 Å². The average Bonchev–Trinajstić information content (AvgIpc) is 3.07. The molecule has 0 radical (unpaired) electrons. The second kappa shape index (κ2) is 7.02. The molecule has 1 aromatic heterocycles. The summed E-state index contributed by atoms with van der Waals surface area (Å²) in [6.07, 6.45) is 2.84. The number of ether oxygens (including phenoxy) is 1. The maximum absolute atomic E-state index is 13.1. The van der Waals surface area contributed by atoms with Crippen LogP contribution in [0.25, 0.3) is 0 Å². The van der Waals surface area contributed by atoms with Gasteiger partial charge in [0.05, 0.1) is 0 Å². The highest BCUT2D eigenvalue weighted by Gasteiger charge is 2.07. The van der Waals surface area contributed by atoms with Gasteiger partial charge in [-0.2, -0.15) is 0 Å². The molecule has 0 fully saturated rings. The predicted molar refractivity (Wildman–Crippen MR) is 85.3 cm³/mol. The van der Waals surface area contributed by atoms with Crippen LogP contribution in [-0.2, 0) is 0 Å². The number of hydrogen-bond donors (Lipinski definition) is 0. The number of nitrogens with zero attached hydrogens (tertiary/aromatic N) is 4. The van der Waals surface area contributed by atoms with E-state index in [4.69, 9.17) is 16.3 Å². The van der Waals surface area contributed by atoms with Crippen LogP contribution in [0.2, 0.25) is 5.02 Å². The Morgan fingerprint density at radius 3 is 2.52 bits per heavy atom. The summed E-state index contributed by atoms with van der Waals surface area (Å²) >= 11 is 5.85. The summed E-state index contributed by atoms with van der Waals surface area (Å²) in [5, 5.41) is 8.91. The summed E-state index contributed by atoms with van der Waals surface area (Å²) < 4.78 is 18.8. The van der Waals surface area contributed by atoms with Crippen LogP contribution in [0.15, 0.2) is 66.3 Å². The Hall–Kier alpha value is -2.73. The molecule has 0 unspecified atom stereocenters. The largest absolute Gasteiger partial charge is 0.487 e. The quantitative estimate of drug-likeness (QED) is 0.674. The van der Waals surface area contributed by atoms with E-state index in [0.717, 1.165) is 5.56 Å². The zero-order valence-corrected chi connectivity index (χ0v) is 12.7. The summed E-state index contributed by atoms with van der Waals surface area (Å²) in [5.74, 6) is 0.343. The molecule has 0 aliphatic heterocycles. The minimum atomic E-state index is -0.313. The van der Waals surface area contributed by atoms with Gasteiger partial charge in [0, 0.05) is 10.6 Å². The van der Waals surface area contributed by atoms with E-state index in [9.17, 15) is 4.39 Å². The zero-order chi connectivity index (χ0) is 16.1. The number of aromatic nitrogens is 3. The molecule has 2 aromatic carbocycles. The molecule has 7 heteroatoms. The van der Waals surface area contributed by atoms with Crippen molar-refractivity contribution in [1.29, 1.82) is 0 Å². The van der Waals surface area contributed by atoms with Gasteiger partial charge in [0.2, 0.25) is 0 Å². The van der Waals surface area contributed by atoms with Gasteiger partial charge in [-0.15, -0.1) is 15.0 Å². The highest BCUT2D eigenvalue weighted by molar-refractivity contribution is 6.30. The Kier molecular flexibility index (Phi) is 4.63. The first-order chi connectivity index (χ1) is 11.2. The van der Waals surface area contributed by atoms with Crippen molar-refractivity contribution < 1.29 is 9.13 Å². The molecule has 3 aromatic rings. The summed E-state index contributed by atoms with van der Waals surface area (Å²) in [5.41, 5.74) is 1.32.